The van der Waals surface area contributed by atoms with Gasteiger partial charge in [-0.15, -0.1) is 0 Å². The number of unbranched alkanes of at least 4 members (excludes halogenated alkanes) is 71. The number of allylic oxidation sites excluding steroid dienone is 3. The summed E-state index contributed by atoms with van der Waals surface area (Å²) < 4.78 is 5.52. The Kier molecular flexibility index (Phi) is 83.3. The van der Waals surface area contributed by atoms with Crippen LogP contribution < -0.4 is 5.32 Å². The summed E-state index contributed by atoms with van der Waals surface area (Å²) in [6, 6.07) is -0.624. The molecule has 2 atom stereocenters. The van der Waals surface area contributed by atoms with Crippen molar-refractivity contribution in [1.29, 1.82) is 0 Å². The average Bonchev–Trinajstić information content (AvgIpc) is 3.51. The Morgan fingerprint density at radius 3 is 0.747 bits per heavy atom. The summed E-state index contributed by atoms with van der Waals surface area (Å²) in [6.07, 6.45) is 111. The minimum Gasteiger partial charge on any atom is -0.466 e. The molecule has 2 unspecified atom stereocenters. The standard InChI is InChI=1S/C89H173NO5/c1-3-5-7-9-11-13-15-17-19-21-22-23-43-46-50-53-57-61-65-69-73-77-81-87(92)86(85-91)90-88(93)82-78-74-70-66-62-58-54-51-47-44-41-39-37-35-33-31-29-27-25-24-26-28-30-32-34-36-38-40-42-45-48-52-56-60-64-68-72-76-80-84-95-89(94)83-79-75-71-67-63-59-55-49-20-18-16-14-12-10-8-6-4-2/h18,20,77,81,86-87,91-92H,3-17,19,21-76,78-80,82-85H2,1-2H3,(H,90,93)/b20-18-,81-77+. The zero-order valence-corrected chi connectivity index (χ0v) is 64.9. The number of hydrogen-bond donors (Lipinski definition) is 3. The minimum atomic E-state index is -0.841. The smallest absolute Gasteiger partial charge is 0.305 e. The highest BCUT2D eigenvalue weighted by Gasteiger charge is 2.18. The van der Waals surface area contributed by atoms with E-state index in [1.807, 2.05) is 6.08 Å². The number of hydrogen-bond acceptors (Lipinski definition) is 5. The molecule has 1 amide bonds. The van der Waals surface area contributed by atoms with Crippen molar-refractivity contribution >= 4 is 11.9 Å². The molecule has 0 radical (unpaired) electrons. The first-order valence-corrected chi connectivity index (χ1v) is 44.1. The van der Waals surface area contributed by atoms with Crippen molar-refractivity contribution in [1.82, 2.24) is 5.32 Å². The van der Waals surface area contributed by atoms with E-state index in [9.17, 15) is 19.8 Å². The highest BCUT2D eigenvalue weighted by molar-refractivity contribution is 5.76. The number of nitrogens with one attached hydrogen (secondary N) is 1. The number of rotatable bonds is 84. The number of amides is 1. The third-order valence-corrected chi connectivity index (χ3v) is 21.0. The van der Waals surface area contributed by atoms with Gasteiger partial charge >= 0.3 is 5.97 Å². The molecule has 6 nitrogen and oxygen atoms in total. The van der Waals surface area contributed by atoms with Gasteiger partial charge in [0, 0.05) is 12.8 Å². The van der Waals surface area contributed by atoms with Gasteiger partial charge < -0.3 is 20.3 Å². The van der Waals surface area contributed by atoms with Crippen LogP contribution in [0.1, 0.15) is 508 Å². The van der Waals surface area contributed by atoms with E-state index in [1.165, 1.54) is 443 Å². The second kappa shape index (κ2) is 84.8. The Morgan fingerprint density at radius 1 is 0.284 bits per heavy atom. The molecule has 6 heteroatoms. The molecule has 0 bridgehead atoms. The van der Waals surface area contributed by atoms with Gasteiger partial charge in [0.05, 0.1) is 25.4 Å². The highest BCUT2D eigenvalue weighted by atomic mass is 16.5. The van der Waals surface area contributed by atoms with Gasteiger partial charge in [-0.05, 0) is 57.8 Å². The van der Waals surface area contributed by atoms with E-state index in [-0.39, 0.29) is 18.5 Å². The monoisotopic (exact) mass is 1340 g/mol. The van der Waals surface area contributed by atoms with Gasteiger partial charge in [0.25, 0.3) is 0 Å². The predicted molar refractivity (Wildman–Crippen MR) is 421 cm³/mol. The normalized spacial score (nSPS) is 12.5. The summed E-state index contributed by atoms with van der Waals surface area (Å²) in [5.74, 6) is -0.0345. The Labute approximate surface area is 596 Å². The number of carbonyl (C=O) groups is 2. The van der Waals surface area contributed by atoms with Gasteiger partial charge in [0.1, 0.15) is 0 Å². The summed E-state index contributed by atoms with van der Waals surface area (Å²) in [7, 11) is 0. The average molecular weight is 1340 g/mol. The SMILES string of the molecule is CCCCCCCC/C=C\CCCCCCCCCC(=O)OCCCCCCCCCCCCCCCCCCCCCCCCCCCCCCCCCCCCCCCCCC(=O)NC(CO)C(O)/C=C/CCCCCCCCCCCCCCCCCCCCCC. The van der Waals surface area contributed by atoms with Crippen molar-refractivity contribution in [3.05, 3.63) is 24.3 Å². The third-order valence-electron chi connectivity index (χ3n) is 21.0. The van der Waals surface area contributed by atoms with Gasteiger partial charge in [0.15, 0.2) is 0 Å². The van der Waals surface area contributed by atoms with Crippen LogP contribution in [0.4, 0.5) is 0 Å². The van der Waals surface area contributed by atoms with Crippen molar-refractivity contribution in [3.63, 3.8) is 0 Å². The quantitative estimate of drug-likeness (QED) is 0.0320. The fourth-order valence-electron chi connectivity index (χ4n) is 14.3. The van der Waals surface area contributed by atoms with Crippen LogP contribution in [0, 0.1) is 0 Å². The molecule has 0 rings (SSSR count). The summed E-state index contributed by atoms with van der Waals surface area (Å²) in [5.41, 5.74) is 0. The van der Waals surface area contributed by atoms with Crippen molar-refractivity contribution in [2.24, 2.45) is 0 Å². The van der Waals surface area contributed by atoms with Gasteiger partial charge in [-0.1, -0.05) is 462 Å². The number of carbonyl (C=O) groups excluding carboxylic acids is 2. The first-order valence-electron chi connectivity index (χ1n) is 44.1. The fourth-order valence-corrected chi connectivity index (χ4v) is 14.3. The molecule has 0 spiro atoms. The van der Waals surface area contributed by atoms with Crippen molar-refractivity contribution in [2.45, 2.75) is 520 Å². The van der Waals surface area contributed by atoms with Gasteiger partial charge in [-0.2, -0.15) is 0 Å². The molecule has 0 saturated carbocycles. The van der Waals surface area contributed by atoms with Crippen LogP contribution in [-0.2, 0) is 14.3 Å². The first kappa shape index (κ1) is 93.3. The van der Waals surface area contributed by atoms with E-state index in [1.54, 1.807) is 6.08 Å². The second-order valence-corrected chi connectivity index (χ2v) is 30.6. The molecular formula is C89H173NO5. The Morgan fingerprint density at radius 2 is 0.495 bits per heavy atom. The Bertz CT molecular complexity index is 1500. The van der Waals surface area contributed by atoms with Gasteiger partial charge in [-0.25, -0.2) is 0 Å². The van der Waals surface area contributed by atoms with E-state index >= 15 is 0 Å². The summed E-state index contributed by atoms with van der Waals surface area (Å²) in [5, 5.41) is 23.3. The van der Waals surface area contributed by atoms with Crippen LogP contribution in [0.15, 0.2) is 24.3 Å². The molecule has 95 heavy (non-hydrogen) atoms. The molecule has 0 aliphatic heterocycles. The lowest BCUT2D eigenvalue weighted by Crippen LogP contribution is -2.45. The van der Waals surface area contributed by atoms with Gasteiger partial charge in [0.2, 0.25) is 5.91 Å². The number of esters is 1. The highest BCUT2D eigenvalue weighted by Crippen LogP contribution is 2.21. The molecule has 3 N–H and O–H groups in total. The van der Waals surface area contributed by atoms with Crippen LogP contribution in [-0.4, -0.2) is 47.4 Å². The molecule has 0 fully saturated rings. The van der Waals surface area contributed by atoms with Crippen molar-refractivity contribution < 1.29 is 24.5 Å². The molecule has 0 aromatic heterocycles. The minimum absolute atomic E-state index is 0.0217. The Balaban J connectivity index is 3.31. The van der Waals surface area contributed by atoms with E-state index in [0.717, 1.165) is 38.5 Å². The largest absolute Gasteiger partial charge is 0.466 e. The summed E-state index contributed by atoms with van der Waals surface area (Å²) in [6.45, 7) is 4.96. The molecule has 0 aliphatic rings. The maximum absolute atomic E-state index is 12.6. The van der Waals surface area contributed by atoms with Crippen LogP contribution in [0.2, 0.25) is 0 Å². The summed E-state index contributed by atoms with van der Waals surface area (Å²) in [4.78, 5) is 24.7. The third kappa shape index (κ3) is 81.2. The summed E-state index contributed by atoms with van der Waals surface area (Å²) >= 11 is 0. The molecule has 0 saturated heterocycles. The fraction of sp³-hybridized carbons (Fsp3) is 0.933. The van der Waals surface area contributed by atoms with Crippen molar-refractivity contribution in [3.8, 4) is 0 Å². The molecule has 0 aliphatic carbocycles. The van der Waals surface area contributed by atoms with Crippen LogP contribution in [0.5, 0.6) is 0 Å². The molecule has 0 heterocycles. The molecule has 0 aromatic carbocycles. The molecule has 0 aromatic rings. The lowest BCUT2D eigenvalue weighted by Gasteiger charge is -2.20. The number of aliphatic hydroxyl groups excluding tert-OH is 2. The van der Waals surface area contributed by atoms with Crippen LogP contribution >= 0.6 is 0 Å². The van der Waals surface area contributed by atoms with E-state index in [4.69, 9.17) is 4.74 Å². The Hall–Kier alpha value is -1.66. The number of ether oxygens (including phenoxy) is 1. The predicted octanol–water partition coefficient (Wildman–Crippen LogP) is 29.6. The number of aliphatic hydroxyl groups is 2. The van der Waals surface area contributed by atoms with Crippen molar-refractivity contribution in [2.75, 3.05) is 13.2 Å². The molecular weight excluding hydrogens is 1160 g/mol. The van der Waals surface area contributed by atoms with Gasteiger partial charge in [-0.3, -0.25) is 9.59 Å². The topological polar surface area (TPSA) is 95.9 Å². The zero-order chi connectivity index (χ0) is 68.4. The van der Waals surface area contributed by atoms with E-state index in [0.29, 0.717) is 19.4 Å². The maximum Gasteiger partial charge on any atom is 0.305 e. The molecule has 564 valence electrons. The maximum atomic E-state index is 12.6. The van der Waals surface area contributed by atoms with E-state index < -0.39 is 12.1 Å². The van der Waals surface area contributed by atoms with E-state index in [2.05, 4.69) is 31.3 Å². The second-order valence-electron chi connectivity index (χ2n) is 30.6. The van der Waals surface area contributed by atoms with Crippen LogP contribution in [0.25, 0.3) is 0 Å². The first-order chi connectivity index (χ1) is 47.0. The van der Waals surface area contributed by atoms with Crippen LogP contribution in [0.3, 0.4) is 0 Å². The lowest BCUT2D eigenvalue weighted by molar-refractivity contribution is -0.143. The lowest BCUT2D eigenvalue weighted by atomic mass is 10.0. The zero-order valence-electron chi connectivity index (χ0n) is 64.9.